The summed E-state index contributed by atoms with van der Waals surface area (Å²) < 4.78 is 0. The van der Waals surface area contributed by atoms with E-state index in [1.54, 1.807) is 18.4 Å². The first-order chi connectivity index (χ1) is 13.8. The number of nitrogens with zero attached hydrogens (tertiary/aromatic N) is 2. The topological polar surface area (TPSA) is 98.6 Å². The molecule has 0 aliphatic heterocycles. The van der Waals surface area contributed by atoms with Crippen LogP contribution in [0.15, 0.2) is 21.4 Å². The third-order valence-electron chi connectivity index (χ3n) is 4.77. The molecule has 2 atom stereocenters. The van der Waals surface area contributed by atoms with Gasteiger partial charge in [-0.25, -0.2) is 4.98 Å². The Morgan fingerprint density at radius 2 is 2.21 bits per heavy atom. The predicted molar refractivity (Wildman–Crippen MR) is 121 cm³/mol. The van der Waals surface area contributed by atoms with Gasteiger partial charge in [0.1, 0.15) is 15.9 Å². The fraction of sp³-hybridized carbons (Fsp3) is 0.400. The molecule has 0 saturated carbocycles. The maximum absolute atomic E-state index is 12.8. The van der Waals surface area contributed by atoms with Gasteiger partial charge in [-0.15, -0.1) is 22.7 Å². The van der Waals surface area contributed by atoms with Crippen molar-refractivity contribution in [1.29, 1.82) is 5.26 Å². The summed E-state index contributed by atoms with van der Waals surface area (Å²) in [5.74, 6) is 0.260. The number of H-pyrrole nitrogens is 1. The minimum absolute atomic E-state index is 0.155. The average Bonchev–Trinajstić information content (AvgIpc) is 3.25. The lowest BCUT2D eigenvalue weighted by atomic mass is 9.98. The highest BCUT2D eigenvalue weighted by Gasteiger charge is 2.21. The molecule has 0 bridgehead atoms. The number of aromatic nitrogens is 2. The number of nitriles is 1. The Hall–Kier alpha value is -2.15. The summed E-state index contributed by atoms with van der Waals surface area (Å²) in [7, 11) is 0. The molecule has 3 heterocycles. The summed E-state index contributed by atoms with van der Waals surface area (Å²) in [5.41, 5.74) is 1.37. The summed E-state index contributed by atoms with van der Waals surface area (Å²) >= 11 is 4.03. The molecule has 3 aromatic heterocycles. The number of hydrogen-bond acceptors (Lipinski definition) is 7. The van der Waals surface area contributed by atoms with Gasteiger partial charge in [-0.1, -0.05) is 32.0 Å². The minimum atomic E-state index is -0.482. The summed E-state index contributed by atoms with van der Waals surface area (Å²) in [5, 5.41) is 14.8. The first-order valence-corrected chi connectivity index (χ1v) is 11.9. The lowest BCUT2D eigenvalue weighted by Crippen LogP contribution is -2.23. The molecule has 0 fully saturated rings. The Morgan fingerprint density at radius 3 is 2.90 bits per heavy atom. The van der Waals surface area contributed by atoms with E-state index < -0.39 is 5.25 Å². The Morgan fingerprint density at radius 1 is 1.45 bits per heavy atom. The molecular weight excluding hydrogens is 424 g/mol. The van der Waals surface area contributed by atoms with Gasteiger partial charge in [0.15, 0.2) is 5.16 Å². The van der Waals surface area contributed by atoms with Crippen LogP contribution in [0.3, 0.4) is 0 Å². The largest absolute Gasteiger partial charge is 0.316 e. The number of thiophene rings is 2. The third kappa shape index (κ3) is 4.71. The maximum atomic E-state index is 12.8. The van der Waals surface area contributed by atoms with E-state index in [9.17, 15) is 9.59 Å². The first-order valence-electron chi connectivity index (χ1n) is 9.31. The van der Waals surface area contributed by atoms with Crippen LogP contribution in [0.1, 0.15) is 43.2 Å². The van der Waals surface area contributed by atoms with E-state index >= 15 is 0 Å². The zero-order chi connectivity index (χ0) is 21.1. The van der Waals surface area contributed by atoms with Crippen molar-refractivity contribution in [2.75, 3.05) is 5.32 Å². The fourth-order valence-corrected chi connectivity index (χ4v) is 5.53. The Kier molecular flexibility index (Phi) is 6.77. The number of carbonyl (C=O) groups excluding carboxylic acids is 1. The number of aromatic amines is 1. The van der Waals surface area contributed by atoms with E-state index in [4.69, 9.17) is 5.26 Å². The molecule has 0 saturated heterocycles. The number of fused-ring (bicyclic) bond motifs is 1. The predicted octanol–water partition coefficient (Wildman–Crippen LogP) is 4.93. The van der Waals surface area contributed by atoms with E-state index in [2.05, 4.69) is 35.2 Å². The fourth-order valence-electron chi connectivity index (χ4n) is 2.88. The summed E-state index contributed by atoms with van der Waals surface area (Å²) in [6.45, 7) is 8.10. The molecule has 0 aliphatic carbocycles. The standard InChI is InChI=1S/C20H22N4O2S3/c1-5-10(2)8-14-11(3)28-19-15(14)17(26)23-20(24-19)29-12(4)16(25)22-18-13(9-21)6-7-27-18/h6-7,10,12H,5,8H2,1-4H3,(H,22,25)(H,23,24,26). The molecule has 3 rings (SSSR count). The van der Waals surface area contributed by atoms with Gasteiger partial charge in [-0.2, -0.15) is 5.26 Å². The Bertz CT molecular complexity index is 1140. The van der Waals surface area contributed by atoms with E-state index in [1.165, 1.54) is 34.4 Å². The number of anilines is 1. The Labute approximate surface area is 181 Å². The maximum Gasteiger partial charge on any atom is 0.260 e. The highest BCUT2D eigenvalue weighted by atomic mass is 32.2. The average molecular weight is 447 g/mol. The van der Waals surface area contributed by atoms with Gasteiger partial charge in [0.2, 0.25) is 5.91 Å². The summed E-state index contributed by atoms with van der Waals surface area (Å²) in [6.07, 6.45) is 1.92. The summed E-state index contributed by atoms with van der Waals surface area (Å²) in [6, 6.07) is 3.72. The molecule has 9 heteroatoms. The van der Waals surface area contributed by atoms with Gasteiger partial charge in [-0.05, 0) is 43.2 Å². The number of nitrogens with one attached hydrogen (secondary N) is 2. The van der Waals surface area contributed by atoms with Crippen molar-refractivity contribution in [2.24, 2.45) is 5.92 Å². The van der Waals surface area contributed by atoms with Crippen molar-refractivity contribution < 1.29 is 4.79 Å². The van der Waals surface area contributed by atoms with E-state index in [-0.39, 0.29) is 11.5 Å². The molecule has 6 nitrogen and oxygen atoms in total. The van der Waals surface area contributed by atoms with Crippen LogP contribution in [0.5, 0.6) is 0 Å². The van der Waals surface area contributed by atoms with Crippen LogP contribution in [-0.4, -0.2) is 21.1 Å². The number of hydrogen-bond donors (Lipinski definition) is 2. The second kappa shape index (κ2) is 9.11. The zero-order valence-corrected chi connectivity index (χ0v) is 19.1. The normalized spacial score (nSPS) is 13.2. The Balaban J connectivity index is 1.81. The van der Waals surface area contributed by atoms with Crippen molar-refractivity contribution >= 4 is 55.6 Å². The highest BCUT2D eigenvalue weighted by Crippen LogP contribution is 2.31. The van der Waals surface area contributed by atoms with Crippen LogP contribution in [-0.2, 0) is 11.2 Å². The van der Waals surface area contributed by atoms with Crippen molar-refractivity contribution in [3.8, 4) is 6.07 Å². The van der Waals surface area contributed by atoms with Crippen molar-refractivity contribution in [3.05, 3.63) is 37.8 Å². The molecule has 0 aromatic carbocycles. The first kappa shape index (κ1) is 21.6. The second-order valence-electron chi connectivity index (χ2n) is 6.93. The van der Waals surface area contributed by atoms with Crippen molar-refractivity contribution in [3.63, 3.8) is 0 Å². The molecule has 0 radical (unpaired) electrons. The molecule has 29 heavy (non-hydrogen) atoms. The zero-order valence-electron chi connectivity index (χ0n) is 16.7. The van der Waals surface area contributed by atoms with Gasteiger partial charge >= 0.3 is 0 Å². The number of carbonyl (C=O) groups is 1. The minimum Gasteiger partial charge on any atom is -0.316 e. The van der Waals surface area contributed by atoms with Crippen LogP contribution in [0.2, 0.25) is 0 Å². The molecule has 1 amide bonds. The summed E-state index contributed by atoms with van der Waals surface area (Å²) in [4.78, 5) is 34.5. The van der Waals surface area contributed by atoms with Crippen LogP contribution in [0.25, 0.3) is 10.2 Å². The van der Waals surface area contributed by atoms with Crippen LogP contribution < -0.4 is 10.9 Å². The number of aryl methyl sites for hydroxylation is 1. The van der Waals surface area contributed by atoms with Gasteiger partial charge in [0.25, 0.3) is 5.56 Å². The monoisotopic (exact) mass is 446 g/mol. The molecule has 0 aliphatic rings. The number of amides is 1. The van der Waals surface area contributed by atoms with Gasteiger partial charge in [0, 0.05) is 4.88 Å². The number of rotatable bonds is 7. The van der Waals surface area contributed by atoms with Crippen LogP contribution in [0.4, 0.5) is 5.00 Å². The smallest absolute Gasteiger partial charge is 0.260 e. The molecular formula is C20H22N4O2S3. The number of thioether (sulfide) groups is 1. The second-order valence-corrected chi connectivity index (χ2v) is 10.4. The van der Waals surface area contributed by atoms with Gasteiger partial charge in [0.05, 0.1) is 16.2 Å². The van der Waals surface area contributed by atoms with Crippen molar-refractivity contribution in [2.45, 2.75) is 50.9 Å². The van der Waals surface area contributed by atoms with Crippen LogP contribution >= 0.6 is 34.4 Å². The highest BCUT2D eigenvalue weighted by molar-refractivity contribution is 8.00. The van der Waals surface area contributed by atoms with Crippen LogP contribution in [0, 0.1) is 24.2 Å². The quantitative estimate of drug-likeness (QED) is 0.396. The molecule has 2 N–H and O–H groups in total. The van der Waals surface area contributed by atoms with Gasteiger partial charge < -0.3 is 10.3 Å². The lowest BCUT2D eigenvalue weighted by Gasteiger charge is -2.11. The molecule has 3 aromatic rings. The SMILES string of the molecule is CCC(C)Cc1c(C)sc2nc(SC(C)C(=O)Nc3sccc3C#N)[nH]c(=O)c12. The van der Waals surface area contributed by atoms with E-state index in [0.717, 1.165) is 23.3 Å². The van der Waals surface area contributed by atoms with Crippen molar-refractivity contribution in [1.82, 2.24) is 9.97 Å². The van der Waals surface area contributed by atoms with E-state index in [1.807, 2.05) is 6.92 Å². The van der Waals surface area contributed by atoms with Gasteiger partial charge in [-0.3, -0.25) is 9.59 Å². The molecule has 0 spiro atoms. The molecule has 2 unspecified atom stereocenters. The third-order valence-corrected chi connectivity index (χ3v) is 7.63. The lowest BCUT2D eigenvalue weighted by molar-refractivity contribution is -0.115. The molecule has 152 valence electrons. The van der Waals surface area contributed by atoms with E-state index in [0.29, 0.717) is 31.9 Å².